The molecule has 0 saturated carbocycles. The second-order valence-corrected chi connectivity index (χ2v) is 3.91. The first kappa shape index (κ1) is 11.1. The number of aliphatic hydroxyl groups excluding tert-OH is 1. The average Bonchev–Trinajstić information content (AvgIpc) is 2.80. The first-order valence-corrected chi connectivity index (χ1v) is 5.17. The summed E-state index contributed by atoms with van der Waals surface area (Å²) < 4.78 is 3.34. The zero-order valence-electron chi connectivity index (χ0n) is 9.05. The fraction of sp³-hybridized carbons (Fsp3) is 0.444. The normalized spacial score (nSPS) is 11.0. The standard InChI is InChI=1S/C9H12ClN5O/c1-6-9(10)8(14(2)12-6)4-15-3-7(5-16)11-13-15/h3,16H,4-5H2,1-2H3. The molecule has 0 radical (unpaired) electrons. The predicted molar refractivity (Wildman–Crippen MR) is 58.0 cm³/mol. The van der Waals surface area contributed by atoms with E-state index in [-0.39, 0.29) is 6.61 Å². The van der Waals surface area contributed by atoms with Crippen molar-refractivity contribution in [3.8, 4) is 0 Å². The molecule has 86 valence electrons. The van der Waals surface area contributed by atoms with Crippen molar-refractivity contribution in [2.75, 3.05) is 0 Å². The Morgan fingerprint density at radius 3 is 2.75 bits per heavy atom. The van der Waals surface area contributed by atoms with E-state index < -0.39 is 0 Å². The first-order valence-electron chi connectivity index (χ1n) is 4.79. The Hall–Kier alpha value is -1.40. The van der Waals surface area contributed by atoms with Crippen molar-refractivity contribution in [1.82, 2.24) is 24.8 Å². The zero-order valence-corrected chi connectivity index (χ0v) is 9.81. The van der Waals surface area contributed by atoms with Crippen molar-refractivity contribution in [2.24, 2.45) is 7.05 Å². The predicted octanol–water partition coefficient (Wildman–Crippen LogP) is 0.514. The SMILES string of the molecule is Cc1nn(C)c(Cn2cc(CO)nn2)c1Cl. The van der Waals surface area contributed by atoms with Gasteiger partial charge in [-0.05, 0) is 6.92 Å². The van der Waals surface area contributed by atoms with Crippen LogP contribution in [0.4, 0.5) is 0 Å². The molecule has 0 spiro atoms. The minimum absolute atomic E-state index is 0.113. The van der Waals surface area contributed by atoms with Crippen LogP contribution in [0, 0.1) is 6.92 Å². The minimum atomic E-state index is -0.113. The number of aliphatic hydroxyl groups is 1. The number of rotatable bonds is 3. The summed E-state index contributed by atoms with van der Waals surface area (Å²) >= 11 is 6.11. The molecule has 0 saturated heterocycles. The highest BCUT2D eigenvalue weighted by atomic mass is 35.5. The largest absolute Gasteiger partial charge is 0.390 e. The lowest BCUT2D eigenvalue weighted by Crippen LogP contribution is -2.06. The highest BCUT2D eigenvalue weighted by molar-refractivity contribution is 6.31. The second kappa shape index (κ2) is 4.23. The van der Waals surface area contributed by atoms with Crippen molar-refractivity contribution in [3.05, 3.63) is 28.3 Å². The molecule has 0 aliphatic carbocycles. The van der Waals surface area contributed by atoms with Gasteiger partial charge in [0.2, 0.25) is 0 Å². The highest BCUT2D eigenvalue weighted by Crippen LogP contribution is 2.19. The fourth-order valence-corrected chi connectivity index (χ4v) is 1.71. The third-order valence-corrected chi connectivity index (χ3v) is 2.81. The summed E-state index contributed by atoms with van der Waals surface area (Å²) in [4.78, 5) is 0. The fourth-order valence-electron chi connectivity index (χ4n) is 1.49. The summed E-state index contributed by atoms with van der Waals surface area (Å²) in [7, 11) is 1.83. The maximum absolute atomic E-state index is 8.87. The molecule has 0 aromatic carbocycles. The van der Waals surface area contributed by atoms with E-state index in [2.05, 4.69) is 15.4 Å². The average molecular weight is 242 g/mol. The zero-order chi connectivity index (χ0) is 11.7. The van der Waals surface area contributed by atoms with E-state index in [4.69, 9.17) is 16.7 Å². The van der Waals surface area contributed by atoms with Gasteiger partial charge in [-0.15, -0.1) is 5.10 Å². The minimum Gasteiger partial charge on any atom is -0.390 e. The Balaban J connectivity index is 2.26. The van der Waals surface area contributed by atoms with E-state index in [1.807, 2.05) is 14.0 Å². The Labute approximate surface area is 97.4 Å². The van der Waals surface area contributed by atoms with E-state index in [9.17, 15) is 0 Å². The summed E-state index contributed by atoms with van der Waals surface area (Å²) in [5.41, 5.74) is 2.20. The summed E-state index contributed by atoms with van der Waals surface area (Å²) in [6, 6.07) is 0. The monoisotopic (exact) mass is 241 g/mol. The number of nitrogens with zero attached hydrogens (tertiary/aromatic N) is 5. The van der Waals surface area contributed by atoms with Gasteiger partial charge < -0.3 is 5.11 Å². The molecule has 0 unspecified atom stereocenters. The van der Waals surface area contributed by atoms with Crippen molar-refractivity contribution < 1.29 is 5.11 Å². The lowest BCUT2D eigenvalue weighted by molar-refractivity contribution is 0.276. The van der Waals surface area contributed by atoms with Crippen molar-refractivity contribution in [2.45, 2.75) is 20.1 Å². The Bertz CT molecular complexity index is 504. The Morgan fingerprint density at radius 1 is 1.50 bits per heavy atom. The molecule has 2 rings (SSSR count). The van der Waals surface area contributed by atoms with Crippen LogP contribution >= 0.6 is 11.6 Å². The van der Waals surface area contributed by atoms with Crippen LogP contribution in [0.3, 0.4) is 0 Å². The molecule has 6 nitrogen and oxygen atoms in total. The molecule has 0 fully saturated rings. The van der Waals surface area contributed by atoms with Gasteiger partial charge in [0.05, 0.1) is 35.8 Å². The van der Waals surface area contributed by atoms with Gasteiger partial charge in [-0.3, -0.25) is 4.68 Å². The van der Waals surface area contributed by atoms with Gasteiger partial charge in [-0.1, -0.05) is 16.8 Å². The van der Waals surface area contributed by atoms with E-state index in [1.54, 1.807) is 15.6 Å². The quantitative estimate of drug-likeness (QED) is 0.851. The molecule has 0 bridgehead atoms. The van der Waals surface area contributed by atoms with E-state index in [0.717, 1.165) is 11.4 Å². The molecule has 7 heteroatoms. The second-order valence-electron chi connectivity index (χ2n) is 3.54. The van der Waals surface area contributed by atoms with Crippen LogP contribution in [0.15, 0.2) is 6.20 Å². The molecular weight excluding hydrogens is 230 g/mol. The van der Waals surface area contributed by atoms with Crippen LogP contribution in [-0.4, -0.2) is 29.9 Å². The maximum atomic E-state index is 8.87. The van der Waals surface area contributed by atoms with Crippen LogP contribution in [0.2, 0.25) is 5.02 Å². The van der Waals surface area contributed by atoms with Gasteiger partial charge in [0.25, 0.3) is 0 Å². The van der Waals surface area contributed by atoms with Gasteiger partial charge in [-0.25, -0.2) is 4.68 Å². The van der Waals surface area contributed by atoms with Crippen molar-refractivity contribution in [3.63, 3.8) is 0 Å². The topological polar surface area (TPSA) is 68.8 Å². The smallest absolute Gasteiger partial charge is 0.108 e. The van der Waals surface area contributed by atoms with Crippen molar-refractivity contribution >= 4 is 11.6 Å². The molecule has 16 heavy (non-hydrogen) atoms. The summed E-state index contributed by atoms with van der Waals surface area (Å²) in [6.07, 6.45) is 1.68. The highest BCUT2D eigenvalue weighted by Gasteiger charge is 2.12. The van der Waals surface area contributed by atoms with E-state index in [0.29, 0.717) is 17.3 Å². The number of halogens is 1. The van der Waals surface area contributed by atoms with Gasteiger partial charge >= 0.3 is 0 Å². The van der Waals surface area contributed by atoms with Gasteiger partial charge in [0.15, 0.2) is 0 Å². The molecule has 0 aliphatic rings. The first-order chi connectivity index (χ1) is 7.61. The third-order valence-electron chi connectivity index (χ3n) is 2.32. The number of aryl methyl sites for hydroxylation is 2. The molecule has 2 aromatic rings. The lowest BCUT2D eigenvalue weighted by atomic mass is 10.3. The molecule has 0 atom stereocenters. The summed E-state index contributed by atoms with van der Waals surface area (Å²) in [5, 5.41) is 21.4. The Morgan fingerprint density at radius 2 is 2.25 bits per heavy atom. The summed E-state index contributed by atoms with van der Waals surface area (Å²) in [5.74, 6) is 0. The van der Waals surface area contributed by atoms with E-state index in [1.165, 1.54) is 0 Å². The van der Waals surface area contributed by atoms with Crippen LogP contribution in [0.1, 0.15) is 17.1 Å². The molecular formula is C9H12ClN5O. The molecule has 1 N–H and O–H groups in total. The van der Waals surface area contributed by atoms with Gasteiger partial charge in [0, 0.05) is 7.05 Å². The van der Waals surface area contributed by atoms with Crippen LogP contribution in [0.5, 0.6) is 0 Å². The number of aromatic nitrogens is 5. The summed E-state index contributed by atoms with van der Waals surface area (Å²) in [6.45, 7) is 2.23. The van der Waals surface area contributed by atoms with E-state index >= 15 is 0 Å². The molecule has 0 amide bonds. The molecule has 2 heterocycles. The lowest BCUT2D eigenvalue weighted by Gasteiger charge is -2.01. The van der Waals surface area contributed by atoms with Gasteiger partial charge in [0.1, 0.15) is 5.69 Å². The van der Waals surface area contributed by atoms with Crippen molar-refractivity contribution in [1.29, 1.82) is 0 Å². The van der Waals surface area contributed by atoms with Crippen LogP contribution in [-0.2, 0) is 20.2 Å². The van der Waals surface area contributed by atoms with Crippen LogP contribution in [0.25, 0.3) is 0 Å². The van der Waals surface area contributed by atoms with Crippen LogP contribution < -0.4 is 0 Å². The molecule has 2 aromatic heterocycles. The number of hydrogen-bond acceptors (Lipinski definition) is 4. The number of hydrogen-bond donors (Lipinski definition) is 1. The third kappa shape index (κ3) is 1.94. The maximum Gasteiger partial charge on any atom is 0.108 e. The van der Waals surface area contributed by atoms with Gasteiger partial charge in [-0.2, -0.15) is 5.10 Å². The molecule has 0 aliphatic heterocycles. The Kier molecular flexibility index (Phi) is 2.93.